The van der Waals surface area contributed by atoms with Gasteiger partial charge in [0.25, 0.3) is 0 Å². The van der Waals surface area contributed by atoms with Crippen LogP contribution in [0, 0.1) is 46.3 Å². The van der Waals surface area contributed by atoms with Crippen molar-refractivity contribution in [2.45, 2.75) is 110 Å². The standard InChI is InChI=1S/C28H44O4/c1-16-8-10-25(4)19(12-16)6-7-21-20(25)9-11-26(5)24-18(3)28(13-22(29)17(2)15-31-28)32-23(24)14-27(21,26)30/h6,16-18,20-24,29-30H,7-15H2,1-5H3/t16?,17?,18?,20?,21?,22?,23?,24?,25-,26+,27?,28?/m0/s1. The van der Waals surface area contributed by atoms with Gasteiger partial charge in [0, 0.05) is 36.0 Å². The third-order valence-corrected chi connectivity index (χ3v) is 11.9. The van der Waals surface area contributed by atoms with Gasteiger partial charge in [-0.05, 0) is 61.7 Å². The summed E-state index contributed by atoms with van der Waals surface area (Å²) in [5.74, 6) is 1.68. The maximum Gasteiger partial charge on any atom is 0.174 e. The minimum atomic E-state index is -0.673. The number of allylic oxidation sites excluding steroid dienone is 2. The molecule has 180 valence electrons. The maximum atomic E-state index is 12.5. The van der Waals surface area contributed by atoms with Crippen molar-refractivity contribution >= 4 is 0 Å². The van der Waals surface area contributed by atoms with E-state index in [0.717, 1.165) is 25.2 Å². The second-order valence-corrected chi connectivity index (χ2v) is 13.4. The van der Waals surface area contributed by atoms with Gasteiger partial charge in [0.15, 0.2) is 5.79 Å². The van der Waals surface area contributed by atoms with E-state index in [1.165, 1.54) is 25.7 Å². The summed E-state index contributed by atoms with van der Waals surface area (Å²) in [5, 5.41) is 23.2. The molecule has 0 aromatic carbocycles. The second kappa shape index (κ2) is 6.83. The Balaban J connectivity index is 1.32. The van der Waals surface area contributed by atoms with Crippen molar-refractivity contribution in [3.8, 4) is 0 Å². The van der Waals surface area contributed by atoms with E-state index in [-0.39, 0.29) is 34.9 Å². The van der Waals surface area contributed by atoms with Gasteiger partial charge in [0.1, 0.15) is 0 Å². The van der Waals surface area contributed by atoms with Gasteiger partial charge in [-0.25, -0.2) is 0 Å². The first-order valence-electron chi connectivity index (χ1n) is 13.5. The average molecular weight is 445 g/mol. The first-order chi connectivity index (χ1) is 15.0. The summed E-state index contributed by atoms with van der Waals surface area (Å²) in [4.78, 5) is 0. The summed E-state index contributed by atoms with van der Waals surface area (Å²) in [7, 11) is 0. The SMILES string of the molecule is CC1CC[C@@]2(C)C(=CCC3C2CC[C@]2(C)C4C(CC32O)OC2(CC(O)C(C)CO2)C4C)C1. The largest absolute Gasteiger partial charge is 0.393 e. The predicted molar refractivity (Wildman–Crippen MR) is 124 cm³/mol. The van der Waals surface area contributed by atoms with Gasteiger partial charge in [-0.3, -0.25) is 0 Å². The van der Waals surface area contributed by atoms with Gasteiger partial charge >= 0.3 is 0 Å². The second-order valence-electron chi connectivity index (χ2n) is 13.4. The van der Waals surface area contributed by atoms with Gasteiger partial charge in [-0.1, -0.05) is 46.3 Å². The predicted octanol–water partition coefficient (Wildman–Crippen LogP) is 5.07. The highest BCUT2D eigenvalue weighted by molar-refractivity contribution is 5.29. The Morgan fingerprint density at radius 3 is 2.56 bits per heavy atom. The van der Waals surface area contributed by atoms with E-state index in [4.69, 9.17) is 9.47 Å². The van der Waals surface area contributed by atoms with Crippen molar-refractivity contribution < 1.29 is 19.7 Å². The number of aliphatic hydroxyl groups is 2. The Labute approximate surface area is 194 Å². The minimum Gasteiger partial charge on any atom is -0.393 e. The van der Waals surface area contributed by atoms with Crippen LogP contribution in [0.1, 0.15) is 86.0 Å². The van der Waals surface area contributed by atoms with E-state index in [1.54, 1.807) is 5.57 Å². The molecule has 4 heteroatoms. The van der Waals surface area contributed by atoms with Crippen molar-refractivity contribution in [1.82, 2.24) is 0 Å². The Morgan fingerprint density at radius 1 is 1.03 bits per heavy atom. The molecule has 0 aromatic heterocycles. The molecule has 6 rings (SSSR count). The first kappa shape index (κ1) is 22.1. The Hall–Kier alpha value is -0.420. The van der Waals surface area contributed by atoms with Crippen molar-refractivity contribution in [1.29, 1.82) is 0 Å². The lowest BCUT2D eigenvalue weighted by atomic mass is 9.45. The lowest BCUT2D eigenvalue weighted by Gasteiger charge is -2.61. The van der Waals surface area contributed by atoms with E-state index >= 15 is 0 Å². The fourth-order valence-electron chi connectivity index (χ4n) is 9.82. The van der Waals surface area contributed by atoms with Crippen molar-refractivity contribution in [2.75, 3.05) is 6.61 Å². The zero-order chi connectivity index (χ0) is 22.7. The number of rotatable bonds is 0. The quantitative estimate of drug-likeness (QED) is 0.512. The van der Waals surface area contributed by atoms with Crippen LogP contribution in [0.15, 0.2) is 11.6 Å². The minimum absolute atomic E-state index is 0.0314. The Bertz CT molecular complexity index is 824. The highest BCUT2D eigenvalue weighted by Gasteiger charge is 2.74. The zero-order valence-corrected chi connectivity index (χ0v) is 20.8. The zero-order valence-electron chi connectivity index (χ0n) is 20.8. The van der Waals surface area contributed by atoms with E-state index in [9.17, 15) is 10.2 Å². The van der Waals surface area contributed by atoms with Crippen LogP contribution < -0.4 is 0 Å². The first-order valence-corrected chi connectivity index (χ1v) is 13.5. The number of aliphatic hydroxyl groups excluding tert-OH is 1. The molecule has 0 amide bonds. The normalized spacial score (nSPS) is 61.5. The smallest absolute Gasteiger partial charge is 0.174 e. The van der Waals surface area contributed by atoms with Crippen LogP contribution in [0.2, 0.25) is 0 Å². The highest BCUT2D eigenvalue weighted by atomic mass is 16.7. The number of fused-ring (bicyclic) bond motifs is 7. The summed E-state index contributed by atoms with van der Waals surface area (Å²) in [5.41, 5.74) is 1.13. The third-order valence-electron chi connectivity index (χ3n) is 11.9. The molecule has 1 spiro atoms. The molecule has 3 saturated carbocycles. The van der Waals surface area contributed by atoms with Crippen molar-refractivity contribution in [3.63, 3.8) is 0 Å². The maximum absolute atomic E-state index is 12.5. The van der Waals surface area contributed by atoms with E-state index in [2.05, 4.69) is 40.7 Å². The van der Waals surface area contributed by atoms with E-state index in [1.807, 2.05) is 0 Å². The molecule has 6 aliphatic rings. The van der Waals surface area contributed by atoms with E-state index in [0.29, 0.717) is 30.8 Å². The third kappa shape index (κ3) is 2.59. The molecule has 10 unspecified atom stereocenters. The molecule has 32 heavy (non-hydrogen) atoms. The van der Waals surface area contributed by atoms with Crippen LogP contribution in [-0.2, 0) is 9.47 Å². The molecule has 2 N–H and O–H groups in total. The van der Waals surface area contributed by atoms with Gasteiger partial charge < -0.3 is 19.7 Å². The summed E-state index contributed by atoms with van der Waals surface area (Å²) < 4.78 is 13.1. The van der Waals surface area contributed by atoms with Crippen molar-refractivity contribution in [2.24, 2.45) is 46.3 Å². The lowest BCUT2D eigenvalue weighted by Crippen LogP contribution is -2.61. The summed E-state index contributed by atoms with van der Waals surface area (Å²) in [6, 6.07) is 0. The topological polar surface area (TPSA) is 58.9 Å². The molecule has 2 saturated heterocycles. The summed E-state index contributed by atoms with van der Waals surface area (Å²) in [6.45, 7) is 12.1. The van der Waals surface area contributed by atoms with Gasteiger partial charge in [-0.2, -0.15) is 0 Å². The number of hydrogen-bond acceptors (Lipinski definition) is 4. The fourth-order valence-corrected chi connectivity index (χ4v) is 9.82. The molecular formula is C28H44O4. The molecule has 0 aromatic rings. The molecule has 12 atom stereocenters. The highest BCUT2D eigenvalue weighted by Crippen LogP contribution is 2.72. The van der Waals surface area contributed by atoms with E-state index < -0.39 is 11.4 Å². The molecule has 5 fully saturated rings. The molecule has 4 nitrogen and oxygen atoms in total. The van der Waals surface area contributed by atoms with Gasteiger partial charge in [0.05, 0.1) is 24.4 Å². The molecule has 4 aliphatic carbocycles. The monoisotopic (exact) mass is 444 g/mol. The van der Waals surface area contributed by atoms with Crippen LogP contribution in [0.25, 0.3) is 0 Å². The molecule has 2 aliphatic heterocycles. The van der Waals surface area contributed by atoms with Gasteiger partial charge in [-0.15, -0.1) is 0 Å². The van der Waals surface area contributed by atoms with Crippen LogP contribution in [0.3, 0.4) is 0 Å². The molecule has 2 heterocycles. The molecule has 0 bridgehead atoms. The molecular weight excluding hydrogens is 400 g/mol. The number of hydrogen-bond donors (Lipinski definition) is 2. The fraction of sp³-hybridized carbons (Fsp3) is 0.929. The average Bonchev–Trinajstić information content (AvgIpc) is 3.12. The summed E-state index contributed by atoms with van der Waals surface area (Å²) >= 11 is 0. The number of ether oxygens (including phenoxy) is 2. The molecule has 0 radical (unpaired) electrons. The van der Waals surface area contributed by atoms with Crippen LogP contribution in [-0.4, -0.2) is 40.4 Å². The van der Waals surface area contributed by atoms with Gasteiger partial charge in [0.2, 0.25) is 0 Å². The van der Waals surface area contributed by atoms with Crippen LogP contribution >= 0.6 is 0 Å². The summed E-state index contributed by atoms with van der Waals surface area (Å²) in [6.07, 6.45) is 10.6. The van der Waals surface area contributed by atoms with Crippen LogP contribution in [0.5, 0.6) is 0 Å². The Kier molecular flexibility index (Phi) is 4.71. The van der Waals surface area contributed by atoms with Crippen LogP contribution in [0.4, 0.5) is 0 Å². The lowest BCUT2D eigenvalue weighted by molar-refractivity contribution is -0.296. The van der Waals surface area contributed by atoms with Crippen molar-refractivity contribution in [3.05, 3.63) is 11.6 Å². The Morgan fingerprint density at radius 2 is 1.81 bits per heavy atom.